The summed E-state index contributed by atoms with van der Waals surface area (Å²) in [6.45, 7) is 21.4. The number of hydrogen-bond donors (Lipinski definition) is 4. The van der Waals surface area contributed by atoms with Gasteiger partial charge in [0.2, 0.25) is 0 Å². The second-order valence-corrected chi connectivity index (χ2v) is 16.6. The monoisotopic (exact) mass is 970 g/mol. The van der Waals surface area contributed by atoms with E-state index in [1.807, 2.05) is 11.8 Å². The smallest absolute Gasteiger partial charge is 0.0611 e. The number of rotatable bonds is 37. The summed E-state index contributed by atoms with van der Waals surface area (Å²) in [6.07, 6.45) is 42.4. The summed E-state index contributed by atoms with van der Waals surface area (Å²) in [6, 6.07) is 1.39. The number of hydrogen-bond acceptors (Lipinski definition) is 5. The van der Waals surface area contributed by atoms with E-state index in [1.54, 1.807) is 0 Å². The number of piperidine rings is 1. The van der Waals surface area contributed by atoms with Crippen LogP contribution in [0.4, 0.5) is 0 Å². The van der Waals surface area contributed by atoms with E-state index in [9.17, 15) is 0 Å². The Balaban J connectivity index is 0. The molecule has 0 saturated carbocycles. The molecule has 0 aromatic heterocycles. The minimum Gasteiger partial charge on any atom is -0.385 e. The normalized spacial score (nSPS) is 14.4. The number of unbranched alkanes of at least 4 members (excludes halogenated alkanes) is 23. The van der Waals surface area contributed by atoms with Gasteiger partial charge in [0.25, 0.3) is 0 Å². The summed E-state index contributed by atoms with van der Waals surface area (Å²) in [7, 11) is 0. The number of nitrogens with one attached hydrogen (secondary N) is 4. The van der Waals surface area contributed by atoms with Gasteiger partial charge in [-0.3, -0.25) is 5.43 Å². The third-order valence-corrected chi connectivity index (χ3v) is 11.3. The van der Waals surface area contributed by atoms with Crippen molar-refractivity contribution in [3.8, 4) is 0 Å². The van der Waals surface area contributed by atoms with Gasteiger partial charge < -0.3 is 24.5 Å². The maximum absolute atomic E-state index is 4.44. The zero-order chi connectivity index (χ0) is 36.6. The van der Waals surface area contributed by atoms with Crippen molar-refractivity contribution in [2.75, 3.05) is 24.6 Å². The molecule has 4 nitrogen and oxygen atoms in total. The number of hydrazine groups is 1. The minimum absolute atomic E-state index is 0. The Bertz CT molecular complexity index is 644. The average molecular weight is 972 g/mol. The second kappa shape index (κ2) is 43.2. The fourth-order valence-electron chi connectivity index (χ4n) is 7.01. The Morgan fingerprint density at radius 2 is 1.02 bits per heavy atom. The Morgan fingerprint density at radius 1 is 0.608 bits per heavy atom. The summed E-state index contributed by atoms with van der Waals surface area (Å²) >= 11 is 1.92. The van der Waals surface area contributed by atoms with Gasteiger partial charge in [0, 0.05) is 17.8 Å². The van der Waals surface area contributed by atoms with Crippen LogP contribution >= 0.6 is 11.8 Å². The molecule has 51 heavy (non-hydrogen) atoms. The molecule has 2 unspecified atom stereocenters. The quantitative estimate of drug-likeness (QED) is 0.0284. The van der Waals surface area contributed by atoms with Crippen LogP contribution in [-0.4, -0.2) is 42.7 Å². The molecule has 0 amide bonds. The van der Waals surface area contributed by atoms with Gasteiger partial charge in [-0.15, -0.1) is 5.75 Å². The van der Waals surface area contributed by atoms with Gasteiger partial charge in [0.05, 0.1) is 6.04 Å². The van der Waals surface area contributed by atoms with Crippen LogP contribution in [0.25, 0.3) is 0 Å². The summed E-state index contributed by atoms with van der Waals surface area (Å²) in [5, 5.41) is 7.19. The summed E-state index contributed by atoms with van der Waals surface area (Å²) in [5.41, 5.74) is 8.62. The van der Waals surface area contributed by atoms with Crippen molar-refractivity contribution in [1.82, 2.24) is 21.5 Å². The first-order chi connectivity index (χ1) is 24.6. The molecule has 1 fully saturated rings. The SMILES string of the molecule is C=C(NC1CCNCC1)C(CCSC[CH2-])NNC(CCCCCC)CCCCCCCC.[CH2-]CCCCCCCCCCCCCCCCC.[Cf]. The van der Waals surface area contributed by atoms with Gasteiger partial charge in [-0.1, -0.05) is 188 Å². The Morgan fingerprint density at radius 3 is 1.45 bits per heavy atom. The van der Waals surface area contributed by atoms with Crippen LogP contribution in [0.2, 0.25) is 0 Å². The molecule has 4 N–H and O–H groups in total. The van der Waals surface area contributed by atoms with Gasteiger partial charge in [0.15, 0.2) is 0 Å². The van der Waals surface area contributed by atoms with Crippen molar-refractivity contribution in [2.45, 2.75) is 238 Å². The van der Waals surface area contributed by atoms with Crippen LogP contribution < -0.4 is 21.5 Å². The molecule has 1 aliphatic heterocycles. The molecule has 0 aromatic carbocycles. The van der Waals surface area contributed by atoms with Gasteiger partial charge in [-0.2, -0.15) is 18.2 Å². The zero-order valence-corrected chi connectivity index (χ0v) is 38.3. The van der Waals surface area contributed by atoms with E-state index in [2.05, 4.69) is 62.7 Å². The topological polar surface area (TPSA) is 48.1 Å². The molecule has 1 aliphatic rings. The summed E-state index contributed by atoms with van der Waals surface area (Å²) in [4.78, 5) is 0. The number of thioether (sulfide) groups is 1. The van der Waals surface area contributed by atoms with E-state index in [1.165, 1.54) is 186 Å². The predicted octanol–water partition coefficient (Wildman–Crippen LogP) is 13.4. The van der Waals surface area contributed by atoms with Gasteiger partial charge in [-0.05, 0) is 50.9 Å². The van der Waals surface area contributed by atoms with Crippen LogP contribution in [-0.2, 0) is 0 Å². The largest absolute Gasteiger partial charge is 0.385 e. The van der Waals surface area contributed by atoms with E-state index in [-0.39, 0.29) is 6.04 Å². The Hall–Kier alpha value is -1.23. The van der Waals surface area contributed by atoms with Crippen LogP contribution in [0, 0.1) is 13.8 Å². The third-order valence-electron chi connectivity index (χ3n) is 10.5. The predicted molar refractivity (Wildman–Crippen MR) is 231 cm³/mol. The van der Waals surface area contributed by atoms with E-state index in [0.717, 1.165) is 43.1 Å². The van der Waals surface area contributed by atoms with Crippen molar-refractivity contribution < 1.29 is 0 Å². The molecule has 2 atom stereocenters. The fraction of sp³-hybridized carbons (Fsp3) is 0.911. The van der Waals surface area contributed by atoms with Crippen molar-refractivity contribution in [3.63, 3.8) is 0 Å². The van der Waals surface area contributed by atoms with Crippen molar-refractivity contribution in [1.29, 1.82) is 0 Å². The van der Waals surface area contributed by atoms with E-state index >= 15 is 0 Å². The van der Waals surface area contributed by atoms with Crippen molar-refractivity contribution in [3.05, 3.63) is 26.1 Å². The van der Waals surface area contributed by atoms with Crippen LogP contribution in [0.1, 0.15) is 220 Å². The van der Waals surface area contributed by atoms with Crippen LogP contribution in [0.15, 0.2) is 12.3 Å². The van der Waals surface area contributed by atoms with Gasteiger partial charge in [0.1, 0.15) is 0 Å². The molecule has 0 bridgehead atoms. The van der Waals surface area contributed by atoms with E-state index in [4.69, 9.17) is 0 Å². The van der Waals surface area contributed by atoms with Gasteiger partial charge >= 0.3 is 0 Å². The molecular formula is C45H92CfN4S-2. The molecule has 0 aliphatic carbocycles. The van der Waals surface area contributed by atoms with Gasteiger partial charge in [-0.25, -0.2) is 5.43 Å². The molecule has 1 saturated heterocycles. The average Bonchev–Trinajstić information content (AvgIpc) is 3.13. The molecule has 1 rings (SSSR count). The van der Waals surface area contributed by atoms with Crippen LogP contribution in [0.5, 0.6) is 0 Å². The maximum Gasteiger partial charge on any atom is 0.0611 e. The van der Waals surface area contributed by atoms with Crippen molar-refractivity contribution >= 4 is 11.8 Å². The minimum atomic E-state index is 0. The first-order valence-corrected chi connectivity index (χ1v) is 23.6. The molecule has 0 radical (unpaired) electrons. The summed E-state index contributed by atoms with van der Waals surface area (Å²) < 4.78 is 0. The molecule has 6 heteroatoms. The molecule has 0 spiro atoms. The summed E-state index contributed by atoms with van der Waals surface area (Å²) in [5.74, 6) is 2.06. The maximum atomic E-state index is 4.44. The Kier molecular flexibility index (Phi) is 43.9. The Labute approximate surface area is 320 Å². The van der Waals surface area contributed by atoms with E-state index in [0.29, 0.717) is 12.1 Å². The standard InChI is InChI=1S/C27H55N4S.C18H37.Cf/c1-5-8-10-12-13-15-17-26(16-14-11-9-6-2)30-31-27(20-23-32-7-3)24(4)29-25-18-21-28-22-19-25;1-3-5-7-9-11-13-15-17-18-16-14-12-10-8-6-4-2;/h25-31H,3-23H2,1-2H3;1,3-18H2,2H3;/q2*-1;. The molecule has 1 heterocycles. The zero-order valence-electron chi connectivity index (χ0n) is 34.8. The fourth-order valence-corrected chi connectivity index (χ4v) is 7.62. The third kappa shape index (κ3) is 36.9. The first kappa shape index (κ1) is 51.9. The van der Waals surface area contributed by atoms with Crippen molar-refractivity contribution in [2.24, 2.45) is 0 Å². The molecular weight excluding hydrogens is 880 g/mol. The van der Waals surface area contributed by atoms with Crippen LogP contribution in [0.3, 0.4) is 0 Å². The first-order valence-electron chi connectivity index (χ1n) is 22.5. The molecule has 0 aromatic rings. The molecule has 310 valence electrons. The second-order valence-electron chi connectivity index (χ2n) is 15.3. The van der Waals surface area contributed by atoms with E-state index < -0.39 is 0 Å².